The molecule has 0 aromatic heterocycles. The smallest absolute Gasteiger partial charge is 0.163 e. The summed E-state index contributed by atoms with van der Waals surface area (Å²) in [6, 6.07) is -0.0237. The first-order chi connectivity index (χ1) is 10.1. The van der Waals surface area contributed by atoms with Gasteiger partial charge in [-0.2, -0.15) is 0 Å². The Labute approximate surface area is 126 Å². The predicted molar refractivity (Wildman–Crippen MR) is 75.7 cm³/mol. The fourth-order valence-electron chi connectivity index (χ4n) is 3.36. The molecule has 5 atom stereocenters. The molecule has 0 spiro atoms. The molecule has 6 nitrogen and oxygen atoms in total. The average molecular weight is 301 g/mol. The molecule has 2 N–H and O–H groups in total. The first-order valence-electron chi connectivity index (χ1n) is 8.01. The minimum atomic E-state index is -0.568. The lowest BCUT2D eigenvalue weighted by atomic mass is 10.2. The number of hydrogen-bond donors (Lipinski definition) is 1. The number of hydrogen-bond acceptors (Lipinski definition) is 6. The molecule has 122 valence electrons. The summed E-state index contributed by atoms with van der Waals surface area (Å²) in [4.78, 5) is 0. The highest BCUT2D eigenvalue weighted by molar-refractivity contribution is 5.01. The van der Waals surface area contributed by atoms with Crippen LogP contribution in [0.3, 0.4) is 0 Å². The van der Waals surface area contributed by atoms with Gasteiger partial charge in [-0.05, 0) is 39.5 Å². The van der Waals surface area contributed by atoms with Crippen molar-refractivity contribution >= 4 is 0 Å². The molecule has 1 unspecified atom stereocenters. The van der Waals surface area contributed by atoms with Crippen LogP contribution in [-0.4, -0.2) is 56.3 Å². The van der Waals surface area contributed by atoms with Crippen LogP contribution in [0.15, 0.2) is 0 Å². The van der Waals surface area contributed by atoms with Gasteiger partial charge in [-0.15, -0.1) is 0 Å². The molecule has 6 heteroatoms. The summed E-state index contributed by atoms with van der Waals surface area (Å²) in [5.74, 6) is -0.568. The normalized spacial score (nSPS) is 42.1. The van der Waals surface area contributed by atoms with Crippen molar-refractivity contribution in [1.82, 2.24) is 0 Å². The van der Waals surface area contributed by atoms with Crippen molar-refractivity contribution < 1.29 is 23.7 Å². The van der Waals surface area contributed by atoms with E-state index in [1.54, 1.807) is 0 Å². The van der Waals surface area contributed by atoms with Crippen molar-refractivity contribution in [2.75, 3.05) is 19.8 Å². The molecule has 1 aliphatic carbocycles. The molecule has 0 aromatic carbocycles. The highest BCUT2D eigenvalue weighted by atomic mass is 16.8. The van der Waals surface area contributed by atoms with Crippen molar-refractivity contribution in [3.05, 3.63) is 0 Å². The van der Waals surface area contributed by atoms with E-state index in [0.717, 1.165) is 25.9 Å². The number of ether oxygens (including phenoxy) is 5. The monoisotopic (exact) mass is 301 g/mol. The van der Waals surface area contributed by atoms with Gasteiger partial charge in [0.2, 0.25) is 0 Å². The third kappa shape index (κ3) is 3.75. The molecule has 3 rings (SSSR count). The molecule has 2 aliphatic heterocycles. The lowest BCUT2D eigenvalue weighted by molar-refractivity contribution is -0.182. The van der Waals surface area contributed by atoms with Crippen LogP contribution in [0.2, 0.25) is 0 Å². The fourth-order valence-corrected chi connectivity index (χ4v) is 3.36. The first-order valence-corrected chi connectivity index (χ1v) is 8.01. The molecule has 0 radical (unpaired) electrons. The Morgan fingerprint density at radius 1 is 1.10 bits per heavy atom. The fraction of sp³-hybridized carbons (Fsp3) is 1.00. The van der Waals surface area contributed by atoms with Crippen molar-refractivity contribution in [1.29, 1.82) is 0 Å². The number of fused-ring (bicyclic) bond motifs is 1. The number of nitrogens with two attached hydrogens (primary N) is 1. The maximum Gasteiger partial charge on any atom is 0.163 e. The summed E-state index contributed by atoms with van der Waals surface area (Å²) < 4.78 is 28.8. The van der Waals surface area contributed by atoms with E-state index < -0.39 is 5.79 Å². The Morgan fingerprint density at radius 3 is 2.62 bits per heavy atom. The second-order valence-corrected chi connectivity index (χ2v) is 6.54. The molecule has 0 bridgehead atoms. The van der Waals surface area contributed by atoms with E-state index in [4.69, 9.17) is 29.4 Å². The lowest BCUT2D eigenvalue weighted by Crippen LogP contribution is -2.35. The summed E-state index contributed by atoms with van der Waals surface area (Å²) >= 11 is 0. The molecule has 1 saturated carbocycles. The van der Waals surface area contributed by atoms with Gasteiger partial charge in [0.15, 0.2) is 12.1 Å². The van der Waals surface area contributed by atoms with Gasteiger partial charge in [0, 0.05) is 12.6 Å². The van der Waals surface area contributed by atoms with E-state index in [1.165, 1.54) is 6.42 Å². The minimum Gasteiger partial charge on any atom is -0.373 e. The van der Waals surface area contributed by atoms with Gasteiger partial charge in [-0.25, -0.2) is 0 Å². The Balaban J connectivity index is 1.39. The van der Waals surface area contributed by atoms with Crippen molar-refractivity contribution in [3.8, 4) is 0 Å². The second kappa shape index (κ2) is 6.48. The SMILES string of the molecule is CC1(C)O[C@@H]2[C@H](O1)[C@@H](OCCOC1CCCCO1)C[C@H]2N. The Kier molecular flexibility index (Phi) is 4.83. The summed E-state index contributed by atoms with van der Waals surface area (Å²) in [5, 5.41) is 0. The highest BCUT2D eigenvalue weighted by Gasteiger charge is 2.53. The van der Waals surface area contributed by atoms with Crippen LogP contribution >= 0.6 is 0 Å². The van der Waals surface area contributed by atoms with Crippen molar-refractivity contribution in [3.63, 3.8) is 0 Å². The summed E-state index contributed by atoms with van der Waals surface area (Å²) in [5.41, 5.74) is 6.12. The van der Waals surface area contributed by atoms with Crippen molar-refractivity contribution in [2.24, 2.45) is 5.73 Å². The summed E-state index contributed by atoms with van der Waals surface area (Å²) in [6.45, 7) is 5.70. The van der Waals surface area contributed by atoms with Gasteiger partial charge in [-0.3, -0.25) is 0 Å². The van der Waals surface area contributed by atoms with E-state index in [-0.39, 0.29) is 30.6 Å². The van der Waals surface area contributed by atoms with Gasteiger partial charge < -0.3 is 29.4 Å². The summed E-state index contributed by atoms with van der Waals surface area (Å²) in [6.07, 6.45) is 3.84. The average Bonchev–Trinajstić information content (AvgIpc) is 2.91. The first kappa shape index (κ1) is 15.6. The molecule has 3 aliphatic rings. The van der Waals surface area contributed by atoms with Crippen LogP contribution in [-0.2, 0) is 23.7 Å². The van der Waals surface area contributed by atoms with Gasteiger partial charge in [-0.1, -0.05) is 0 Å². The second-order valence-electron chi connectivity index (χ2n) is 6.54. The highest BCUT2D eigenvalue weighted by Crippen LogP contribution is 2.38. The lowest BCUT2D eigenvalue weighted by Gasteiger charge is -2.24. The topological polar surface area (TPSA) is 72.2 Å². The van der Waals surface area contributed by atoms with E-state index in [0.29, 0.717) is 13.2 Å². The molecule has 0 aromatic rings. The zero-order chi connectivity index (χ0) is 14.9. The van der Waals surface area contributed by atoms with Crippen LogP contribution in [0.25, 0.3) is 0 Å². The molecule has 2 saturated heterocycles. The quantitative estimate of drug-likeness (QED) is 0.769. The molecule has 2 heterocycles. The van der Waals surface area contributed by atoms with Crippen LogP contribution in [0.5, 0.6) is 0 Å². The largest absolute Gasteiger partial charge is 0.373 e. The van der Waals surface area contributed by atoms with Crippen LogP contribution in [0, 0.1) is 0 Å². The van der Waals surface area contributed by atoms with E-state index in [2.05, 4.69) is 0 Å². The molecule has 0 amide bonds. The zero-order valence-corrected chi connectivity index (χ0v) is 13.0. The van der Waals surface area contributed by atoms with Crippen LogP contribution in [0.4, 0.5) is 0 Å². The maximum absolute atomic E-state index is 6.12. The third-order valence-electron chi connectivity index (χ3n) is 4.31. The molecule has 3 fully saturated rings. The Bertz CT molecular complexity index is 345. The number of rotatable bonds is 5. The van der Waals surface area contributed by atoms with Gasteiger partial charge in [0.25, 0.3) is 0 Å². The van der Waals surface area contributed by atoms with Crippen molar-refractivity contribution in [2.45, 2.75) is 76.0 Å². The maximum atomic E-state index is 6.12. The predicted octanol–water partition coefficient (Wildman–Crippen LogP) is 1.17. The van der Waals surface area contributed by atoms with Crippen LogP contribution in [0.1, 0.15) is 39.5 Å². The third-order valence-corrected chi connectivity index (χ3v) is 4.31. The van der Waals surface area contributed by atoms with E-state index >= 15 is 0 Å². The zero-order valence-electron chi connectivity index (χ0n) is 13.0. The molecule has 21 heavy (non-hydrogen) atoms. The standard InChI is InChI=1S/C15H27NO5/c1-15(2)20-13-10(16)9-11(14(13)21-15)17-7-8-19-12-5-3-4-6-18-12/h10-14H,3-9,16H2,1-2H3/t10-,11+,12?,13+,14-/m1/s1. The molecular weight excluding hydrogens is 274 g/mol. The van der Waals surface area contributed by atoms with Gasteiger partial charge >= 0.3 is 0 Å². The van der Waals surface area contributed by atoms with E-state index in [9.17, 15) is 0 Å². The van der Waals surface area contributed by atoms with E-state index in [1.807, 2.05) is 13.8 Å². The molecular formula is C15H27NO5. The summed E-state index contributed by atoms with van der Waals surface area (Å²) in [7, 11) is 0. The van der Waals surface area contributed by atoms with Gasteiger partial charge in [0.1, 0.15) is 12.2 Å². The minimum absolute atomic E-state index is 0.0114. The van der Waals surface area contributed by atoms with Crippen LogP contribution < -0.4 is 5.73 Å². The Morgan fingerprint density at radius 2 is 1.86 bits per heavy atom. The Hall–Kier alpha value is -0.240. The van der Waals surface area contributed by atoms with Gasteiger partial charge in [0.05, 0.1) is 19.3 Å².